The number of carbonyl (C=O) groups is 2. The third kappa shape index (κ3) is 2.71. The number of esters is 1. The van der Waals surface area contributed by atoms with Gasteiger partial charge in [-0.1, -0.05) is 0 Å². The number of hydrogen-bond donors (Lipinski definition) is 3. The van der Waals surface area contributed by atoms with Gasteiger partial charge in [-0.3, -0.25) is 4.79 Å². The zero-order valence-corrected chi connectivity index (χ0v) is 10.2. The maximum atomic E-state index is 11.9. The minimum Gasteiger partial charge on any atom is -0.467 e. The Morgan fingerprint density at radius 2 is 2.32 bits per heavy atom. The fraction of sp³-hybridized carbons (Fsp3) is 0.250. The number of methoxy groups -OCH3 is 1. The van der Waals surface area contributed by atoms with Crippen molar-refractivity contribution < 1.29 is 19.4 Å². The van der Waals surface area contributed by atoms with E-state index in [1.807, 2.05) is 0 Å². The van der Waals surface area contributed by atoms with Crippen molar-refractivity contribution in [3.8, 4) is 0 Å². The molecule has 2 aromatic rings. The topological polar surface area (TPSA) is 104 Å². The summed E-state index contributed by atoms with van der Waals surface area (Å²) in [6.07, 6.45) is 1.53. The second-order valence-corrected chi connectivity index (χ2v) is 3.87. The highest BCUT2D eigenvalue weighted by molar-refractivity contribution is 5.99. The fourth-order valence-corrected chi connectivity index (χ4v) is 1.64. The molecule has 1 aromatic carbocycles. The van der Waals surface area contributed by atoms with Gasteiger partial charge >= 0.3 is 5.97 Å². The standard InChI is InChI=1S/C12H13N3O4/c1-19-12(18)10(5-16)15-11(17)7-2-3-8-9(4-7)14-6-13-8/h2-4,6,10,16H,5H2,1H3,(H,13,14)(H,15,17). The summed E-state index contributed by atoms with van der Waals surface area (Å²) < 4.78 is 4.47. The first-order chi connectivity index (χ1) is 9.15. The maximum Gasteiger partial charge on any atom is 0.330 e. The van der Waals surface area contributed by atoms with Gasteiger partial charge in [-0.15, -0.1) is 0 Å². The Balaban J connectivity index is 2.16. The molecule has 0 aliphatic carbocycles. The number of nitrogens with zero attached hydrogens (tertiary/aromatic N) is 1. The van der Waals surface area contributed by atoms with E-state index in [1.54, 1.807) is 18.2 Å². The Morgan fingerprint density at radius 1 is 1.53 bits per heavy atom. The van der Waals surface area contributed by atoms with E-state index in [0.717, 1.165) is 5.52 Å². The van der Waals surface area contributed by atoms with E-state index in [4.69, 9.17) is 5.11 Å². The highest BCUT2D eigenvalue weighted by atomic mass is 16.5. The average Bonchev–Trinajstić information content (AvgIpc) is 2.90. The minimum atomic E-state index is -1.07. The molecule has 0 saturated heterocycles. The van der Waals surface area contributed by atoms with Crippen molar-refractivity contribution in [2.75, 3.05) is 13.7 Å². The molecule has 1 unspecified atom stereocenters. The molecule has 0 radical (unpaired) electrons. The van der Waals surface area contributed by atoms with Gasteiger partial charge in [0.1, 0.15) is 0 Å². The van der Waals surface area contributed by atoms with Crippen LogP contribution in [0, 0.1) is 0 Å². The third-order valence-corrected chi connectivity index (χ3v) is 2.66. The van der Waals surface area contributed by atoms with Crippen molar-refractivity contribution in [3.05, 3.63) is 30.1 Å². The van der Waals surface area contributed by atoms with Crippen LogP contribution in [0.5, 0.6) is 0 Å². The van der Waals surface area contributed by atoms with Crippen LogP contribution in [0.3, 0.4) is 0 Å². The molecule has 1 aromatic heterocycles. The molecule has 1 amide bonds. The van der Waals surface area contributed by atoms with Crippen LogP contribution >= 0.6 is 0 Å². The summed E-state index contributed by atoms with van der Waals surface area (Å²) in [5.74, 6) is -1.17. The Hall–Kier alpha value is -2.41. The van der Waals surface area contributed by atoms with Crippen LogP contribution in [0.2, 0.25) is 0 Å². The lowest BCUT2D eigenvalue weighted by Crippen LogP contribution is -2.44. The van der Waals surface area contributed by atoms with E-state index < -0.39 is 24.5 Å². The van der Waals surface area contributed by atoms with Crippen LogP contribution < -0.4 is 5.32 Å². The fourth-order valence-electron chi connectivity index (χ4n) is 1.64. The summed E-state index contributed by atoms with van der Waals surface area (Å²) in [6.45, 7) is -0.523. The molecule has 1 atom stereocenters. The number of aromatic nitrogens is 2. The van der Waals surface area contributed by atoms with E-state index in [1.165, 1.54) is 13.4 Å². The normalized spacial score (nSPS) is 12.1. The molecular weight excluding hydrogens is 250 g/mol. The number of ether oxygens (including phenoxy) is 1. The molecule has 1 heterocycles. The molecule has 100 valence electrons. The zero-order valence-electron chi connectivity index (χ0n) is 10.2. The summed E-state index contributed by atoms with van der Waals surface area (Å²) in [6, 6.07) is 3.82. The highest BCUT2D eigenvalue weighted by Crippen LogP contribution is 2.11. The first-order valence-corrected chi connectivity index (χ1v) is 5.58. The van der Waals surface area contributed by atoms with Crippen molar-refractivity contribution in [2.24, 2.45) is 0 Å². The molecule has 0 aliphatic rings. The SMILES string of the molecule is COC(=O)C(CO)NC(=O)c1ccc2nc[nH]c2c1. The largest absolute Gasteiger partial charge is 0.467 e. The minimum absolute atomic E-state index is 0.360. The van der Waals surface area contributed by atoms with Gasteiger partial charge in [-0.25, -0.2) is 9.78 Å². The second-order valence-electron chi connectivity index (χ2n) is 3.87. The molecule has 7 nitrogen and oxygen atoms in total. The summed E-state index contributed by atoms with van der Waals surface area (Å²) in [5.41, 5.74) is 1.81. The summed E-state index contributed by atoms with van der Waals surface area (Å²) in [7, 11) is 1.19. The van der Waals surface area contributed by atoms with Crippen LogP contribution in [0.1, 0.15) is 10.4 Å². The van der Waals surface area contributed by atoms with Gasteiger partial charge < -0.3 is 20.1 Å². The zero-order chi connectivity index (χ0) is 13.8. The Kier molecular flexibility index (Phi) is 3.76. The van der Waals surface area contributed by atoms with Crippen molar-refractivity contribution in [1.29, 1.82) is 0 Å². The van der Waals surface area contributed by atoms with Crippen LogP contribution in [-0.4, -0.2) is 46.7 Å². The van der Waals surface area contributed by atoms with E-state index in [0.29, 0.717) is 11.1 Å². The Morgan fingerprint density at radius 3 is 3.00 bits per heavy atom. The molecule has 0 saturated carbocycles. The van der Waals surface area contributed by atoms with E-state index in [9.17, 15) is 9.59 Å². The van der Waals surface area contributed by atoms with Gasteiger partial charge in [-0.05, 0) is 18.2 Å². The smallest absolute Gasteiger partial charge is 0.330 e. The van der Waals surface area contributed by atoms with Gasteiger partial charge in [0, 0.05) is 5.56 Å². The number of carbonyl (C=O) groups excluding carboxylic acids is 2. The van der Waals surface area contributed by atoms with E-state index >= 15 is 0 Å². The van der Waals surface area contributed by atoms with Gasteiger partial charge in [0.15, 0.2) is 6.04 Å². The molecule has 7 heteroatoms. The number of imidazole rings is 1. The number of aliphatic hydroxyl groups is 1. The van der Waals surface area contributed by atoms with Gasteiger partial charge in [0.05, 0.1) is 31.1 Å². The van der Waals surface area contributed by atoms with Gasteiger partial charge in [-0.2, -0.15) is 0 Å². The van der Waals surface area contributed by atoms with Crippen LogP contribution in [0.25, 0.3) is 11.0 Å². The number of nitrogens with one attached hydrogen (secondary N) is 2. The van der Waals surface area contributed by atoms with Crippen molar-refractivity contribution in [3.63, 3.8) is 0 Å². The number of H-pyrrole nitrogens is 1. The second kappa shape index (κ2) is 5.49. The van der Waals surface area contributed by atoms with Crippen LogP contribution in [-0.2, 0) is 9.53 Å². The van der Waals surface area contributed by atoms with E-state index in [2.05, 4.69) is 20.0 Å². The molecule has 2 rings (SSSR count). The summed E-state index contributed by atoms with van der Waals surface area (Å²) >= 11 is 0. The Labute approximate surface area is 108 Å². The molecule has 0 bridgehead atoms. The average molecular weight is 263 g/mol. The quantitative estimate of drug-likeness (QED) is 0.664. The molecular formula is C12H13N3O4. The number of amides is 1. The maximum absolute atomic E-state index is 11.9. The number of benzene rings is 1. The number of hydrogen-bond acceptors (Lipinski definition) is 5. The molecule has 0 spiro atoms. The van der Waals surface area contributed by atoms with Gasteiger partial charge in [0.25, 0.3) is 5.91 Å². The monoisotopic (exact) mass is 263 g/mol. The predicted octanol–water partition coefficient (Wildman–Crippen LogP) is -0.173. The molecule has 0 fully saturated rings. The van der Waals surface area contributed by atoms with Crippen LogP contribution in [0.15, 0.2) is 24.5 Å². The number of rotatable bonds is 4. The number of aliphatic hydroxyl groups excluding tert-OH is 1. The number of fused-ring (bicyclic) bond motifs is 1. The van der Waals surface area contributed by atoms with Crippen LogP contribution in [0.4, 0.5) is 0 Å². The molecule has 3 N–H and O–H groups in total. The van der Waals surface area contributed by atoms with Crippen molar-refractivity contribution in [2.45, 2.75) is 6.04 Å². The summed E-state index contributed by atoms with van der Waals surface area (Å²) in [5, 5.41) is 11.4. The molecule has 0 aliphatic heterocycles. The van der Waals surface area contributed by atoms with Crippen molar-refractivity contribution >= 4 is 22.9 Å². The Bertz CT molecular complexity index is 608. The van der Waals surface area contributed by atoms with Crippen molar-refractivity contribution in [1.82, 2.24) is 15.3 Å². The first kappa shape index (κ1) is 13.0. The van der Waals surface area contributed by atoms with E-state index in [-0.39, 0.29) is 0 Å². The third-order valence-electron chi connectivity index (χ3n) is 2.66. The first-order valence-electron chi connectivity index (χ1n) is 5.58. The van der Waals surface area contributed by atoms with Gasteiger partial charge in [0.2, 0.25) is 0 Å². The lowest BCUT2D eigenvalue weighted by atomic mass is 10.1. The molecule has 19 heavy (non-hydrogen) atoms. The highest BCUT2D eigenvalue weighted by Gasteiger charge is 2.21. The lowest BCUT2D eigenvalue weighted by Gasteiger charge is -2.13. The number of aromatic amines is 1. The predicted molar refractivity (Wildman–Crippen MR) is 66.4 cm³/mol. The lowest BCUT2D eigenvalue weighted by molar-refractivity contribution is -0.143. The summed E-state index contributed by atoms with van der Waals surface area (Å²) in [4.78, 5) is 30.1.